The van der Waals surface area contributed by atoms with Gasteiger partial charge in [0.2, 0.25) is 15.9 Å². The first-order valence-corrected chi connectivity index (χ1v) is 16.8. The molecule has 0 heterocycles. The molecule has 0 saturated carbocycles. The van der Waals surface area contributed by atoms with Gasteiger partial charge in [-0.2, -0.15) is 4.31 Å². The van der Waals surface area contributed by atoms with E-state index in [1.807, 2.05) is 74.5 Å². The normalized spacial score (nSPS) is 13.1. The number of methoxy groups -OCH3 is 1. The molecule has 0 aliphatic carbocycles. The molecule has 10 heteroatoms. The Morgan fingerprint density at radius 2 is 1.53 bits per heavy atom. The number of carbonyl (C=O) groups is 1. The average molecular weight is 637 g/mol. The predicted octanol–water partition coefficient (Wildman–Crippen LogP) is 4.35. The smallest absolute Gasteiger partial charge is 0.243 e. The van der Waals surface area contributed by atoms with Crippen molar-refractivity contribution in [2.45, 2.75) is 62.6 Å². The van der Waals surface area contributed by atoms with Crippen LogP contribution in [0, 0.1) is 5.92 Å². The van der Waals surface area contributed by atoms with Crippen LogP contribution in [0.15, 0.2) is 102 Å². The van der Waals surface area contributed by atoms with Crippen molar-refractivity contribution in [3.63, 3.8) is 0 Å². The van der Waals surface area contributed by atoms with Crippen LogP contribution in [0.2, 0.25) is 0 Å². The topological polar surface area (TPSA) is 134 Å². The summed E-state index contributed by atoms with van der Waals surface area (Å²) in [6.07, 6.45) is 1.64. The van der Waals surface area contributed by atoms with Crippen LogP contribution in [-0.2, 0) is 26.1 Å². The molecule has 45 heavy (non-hydrogen) atoms. The van der Waals surface area contributed by atoms with Crippen LogP contribution < -0.4 is 16.4 Å². The third-order valence-corrected chi connectivity index (χ3v) is 9.62. The number of nitrogens with one attached hydrogen (secondary N) is 2. The van der Waals surface area contributed by atoms with Crippen molar-refractivity contribution >= 4 is 15.9 Å². The number of aliphatic hydroxyl groups is 1. The molecule has 5 N–H and O–H groups in total. The highest BCUT2D eigenvalue weighted by molar-refractivity contribution is 7.89. The first-order chi connectivity index (χ1) is 21.6. The van der Waals surface area contributed by atoms with Crippen molar-refractivity contribution in [3.05, 3.63) is 114 Å². The van der Waals surface area contributed by atoms with Crippen molar-refractivity contribution in [2.75, 3.05) is 26.8 Å². The lowest BCUT2D eigenvalue weighted by Crippen LogP contribution is -2.48. The number of carbonyl (C=O) groups excluding carboxylic acids is 1. The number of unbranched alkanes of at least 4 members (excludes halogenated alkanes) is 1. The molecule has 3 aromatic carbocycles. The van der Waals surface area contributed by atoms with Crippen LogP contribution in [0.5, 0.6) is 0 Å². The van der Waals surface area contributed by atoms with Crippen LogP contribution in [0.1, 0.15) is 55.7 Å². The molecular weight excluding hydrogens is 588 g/mol. The maximum Gasteiger partial charge on any atom is 0.243 e. The molecule has 0 bridgehead atoms. The number of nitrogens with zero attached hydrogens (tertiary/aromatic N) is 1. The summed E-state index contributed by atoms with van der Waals surface area (Å²) < 4.78 is 34.0. The van der Waals surface area contributed by atoms with E-state index in [2.05, 4.69) is 17.2 Å². The van der Waals surface area contributed by atoms with E-state index in [-0.39, 0.29) is 41.7 Å². The number of nitrogens with two attached hydrogens (primary N) is 1. The zero-order chi connectivity index (χ0) is 32.8. The third-order valence-electron chi connectivity index (χ3n) is 7.69. The Hall–Kier alpha value is -3.70. The van der Waals surface area contributed by atoms with Gasteiger partial charge in [-0.3, -0.25) is 4.79 Å². The van der Waals surface area contributed by atoms with Gasteiger partial charge in [-0.15, -0.1) is 0 Å². The maximum absolute atomic E-state index is 13.7. The molecule has 0 spiro atoms. The molecule has 9 nitrogen and oxygen atoms in total. The Kier molecular flexibility index (Phi) is 14.1. The summed E-state index contributed by atoms with van der Waals surface area (Å²) in [4.78, 5) is 13.9. The standard InChI is InChI=1S/C35H48N4O5S/c1-26(2)24-39(45(42,43)32-20-18-28(23-36)19-21-32)31(25-40)17-11-12-22-37-35(41)34(38-27(3)44-4)33(29-13-7-5-8-14-29)30-15-9-6-10-16-30/h5-10,13-16,18-21,26,31,33-34,38,40H,3,11-12,17,22-25,36H2,1-2,4H3,(H,37,41)/t31-,34-/m0/s1. The number of rotatable bonds is 19. The first-order valence-electron chi connectivity index (χ1n) is 15.4. The highest BCUT2D eigenvalue weighted by Crippen LogP contribution is 2.29. The van der Waals surface area contributed by atoms with Crippen LogP contribution in [-0.4, -0.2) is 62.6 Å². The first kappa shape index (κ1) is 35.8. The average Bonchev–Trinajstić information content (AvgIpc) is 3.06. The van der Waals surface area contributed by atoms with Crippen molar-refractivity contribution < 1.29 is 23.1 Å². The molecule has 0 saturated heterocycles. The van der Waals surface area contributed by atoms with E-state index in [1.54, 1.807) is 24.3 Å². The van der Waals surface area contributed by atoms with E-state index < -0.39 is 22.1 Å². The molecule has 1 amide bonds. The van der Waals surface area contributed by atoms with Crippen LogP contribution in [0.25, 0.3) is 0 Å². The highest BCUT2D eigenvalue weighted by Gasteiger charge is 2.33. The monoisotopic (exact) mass is 636 g/mol. The quantitative estimate of drug-likeness (QED) is 0.114. The number of sulfonamides is 1. The lowest BCUT2D eigenvalue weighted by Gasteiger charge is -2.31. The largest absolute Gasteiger partial charge is 0.483 e. The molecular formula is C35H48N4O5S. The van der Waals surface area contributed by atoms with Gasteiger partial charge in [0.1, 0.15) is 6.04 Å². The minimum Gasteiger partial charge on any atom is -0.483 e. The van der Waals surface area contributed by atoms with Gasteiger partial charge >= 0.3 is 0 Å². The molecule has 0 aliphatic heterocycles. The van der Waals surface area contributed by atoms with Gasteiger partial charge in [-0.05, 0) is 54.2 Å². The fourth-order valence-corrected chi connectivity index (χ4v) is 7.13. The molecule has 244 valence electrons. The molecule has 0 fully saturated rings. The second-order valence-corrected chi connectivity index (χ2v) is 13.4. The molecule has 0 aromatic heterocycles. The molecule has 0 aliphatic rings. The van der Waals surface area contributed by atoms with Gasteiger partial charge < -0.3 is 26.2 Å². The van der Waals surface area contributed by atoms with Crippen LogP contribution in [0.4, 0.5) is 0 Å². The molecule has 3 aromatic rings. The zero-order valence-corrected chi connectivity index (χ0v) is 27.4. The van der Waals surface area contributed by atoms with E-state index >= 15 is 0 Å². The fourth-order valence-electron chi connectivity index (χ4n) is 5.32. The second-order valence-electron chi connectivity index (χ2n) is 11.5. The third kappa shape index (κ3) is 10.2. The van der Waals surface area contributed by atoms with Crippen LogP contribution >= 0.6 is 0 Å². The van der Waals surface area contributed by atoms with E-state index in [9.17, 15) is 18.3 Å². The Labute approximate surface area is 268 Å². The summed E-state index contributed by atoms with van der Waals surface area (Å²) in [5.41, 5.74) is 8.46. The number of aliphatic hydroxyl groups excluding tert-OH is 1. The minimum absolute atomic E-state index is 0.0601. The Morgan fingerprint density at radius 1 is 0.956 bits per heavy atom. The number of ether oxygens (including phenoxy) is 1. The molecule has 0 unspecified atom stereocenters. The van der Waals surface area contributed by atoms with Crippen molar-refractivity contribution in [3.8, 4) is 0 Å². The Morgan fingerprint density at radius 3 is 2.02 bits per heavy atom. The second kappa shape index (κ2) is 17.7. The minimum atomic E-state index is -3.84. The number of hydrogen-bond acceptors (Lipinski definition) is 7. The summed E-state index contributed by atoms with van der Waals surface area (Å²) in [5, 5.41) is 16.5. The van der Waals surface area contributed by atoms with Gasteiger partial charge in [0, 0.05) is 31.6 Å². The molecule has 2 atom stereocenters. The number of benzene rings is 3. The predicted molar refractivity (Wildman–Crippen MR) is 179 cm³/mol. The lowest BCUT2D eigenvalue weighted by molar-refractivity contribution is -0.123. The summed E-state index contributed by atoms with van der Waals surface area (Å²) in [5.74, 6) is -0.187. The van der Waals surface area contributed by atoms with Crippen molar-refractivity contribution in [2.24, 2.45) is 11.7 Å². The van der Waals surface area contributed by atoms with Crippen molar-refractivity contribution in [1.82, 2.24) is 14.9 Å². The Bertz CT molecular complexity index is 1390. The van der Waals surface area contributed by atoms with Crippen molar-refractivity contribution in [1.29, 1.82) is 0 Å². The molecule has 0 radical (unpaired) electrons. The SMILES string of the molecule is C=C(N[C@H](C(=O)NCCCC[C@@H](CO)N(CC(C)C)S(=O)(=O)c1ccc(CN)cc1)C(c1ccccc1)c1ccccc1)OC. The summed E-state index contributed by atoms with van der Waals surface area (Å²) in [6.45, 7) is 8.47. The molecule has 3 rings (SSSR count). The van der Waals surface area contributed by atoms with Gasteiger partial charge in [0.25, 0.3) is 0 Å². The van der Waals surface area contributed by atoms with Gasteiger partial charge in [0.05, 0.1) is 18.6 Å². The maximum atomic E-state index is 13.7. The summed E-state index contributed by atoms with van der Waals surface area (Å²) in [7, 11) is -2.34. The highest BCUT2D eigenvalue weighted by atomic mass is 32.2. The fraction of sp³-hybridized carbons (Fsp3) is 0.400. The van der Waals surface area contributed by atoms with E-state index in [0.717, 1.165) is 16.7 Å². The lowest BCUT2D eigenvalue weighted by atomic mass is 9.84. The summed E-state index contributed by atoms with van der Waals surface area (Å²) >= 11 is 0. The van der Waals surface area contributed by atoms with E-state index in [1.165, 1.54) is 11.4 Å². The zero-order valence-electron chi connectivity index (χ0n) is 26.6. The number of hydrogen-bond donors (Lipinski definition) is 4. The Balaban J connectivity index is 1.70. The van der Waals surface area contributed by atoms with Gasteiger partial charge in [-0.1, -0.05) is 93.1 Å². The van der Waals surface area contributed by atoms with E-state index in [4.69, 9.17) is 10.5 Å². The number of amides is 1. The van der Waals surface area contributed by atoms with Gasteiger partial charge in [-0.25, -0.2) is 8.42 Å². The van der Waals surface area contributed by atoms with Crippen LogP contribution in [0.3, 0.4) is 0 Å². The summed E-state index contributed by atoms with van der Waals surface area (Å²) in [6, 6.07) is 24.9. The van der Waals surface area contributed by atoms with E-state index in [0.29, 0.717) is 32.4 Å². The van der Waals surface area contributed by atoms with Gasteiger partial charge in [0.15, 0.2) is 5.88 Å².